The largest absolute Gasteiger partial charge is 0.483 e. The molecule has 0 atom stereocenters. The highest BCUT2D eigenvalue weighted by molar-refractivity contribution is 9.10. The highest BCUT2D eigenvalue weighted by Crippen LogP contribution is 2.55. The van der Waals surface area contributed by atoms with Crippen LogP contribution in [0.25, 0.3) is 0 Å². The maximum Gasteiger partial charge on any atom is 0.262 e. The summed E-state index contributed by atoms with van der Waals surface area (Å²) in [6.45, 7) is 13.1. The standard InChI is InChI=1S/C41H45BrN2O4/c1-25-11-10-14-30(26(25)2)43-36(47)24-48-35-16-15-28(42)19-29(35)37-38-31(20-40(3,4)22-33(38)45)44(18-17-27-12-8-7-9-13-27)32-21-41(5,6)23-34(46)39(32)37/h7-16,19,37H,17-18,20-24H2,1-6H3,(H,43,47). The van der Waals surface area contributed by atoms with Crippen LogP contribution in [0.3, 0.4) is 0 Å². The number of Topliss-reactive ketones (excluding diaryl/α,β-unsaturated/α-hetero) is 2. The lowest BCUT2D eigenvalue weighted by molar-refractivity contribution is -0.120. The van der Waals surface area contributed by atoms with Gasteiger partial charge in [-0.15, -0.1) is 0 Å². The number of aryl methyl sites for hydroxylation is 1. The number of halogens is 1. The van der Waals surface area contributed by atoms with Gasteiger partial charge in [0.05, 0.1) is 0 Å². The van der Waals surface area contributed by atoms with Gasteiger partial charge in [-0.3, -0.25) is 14.4 Å². The van der Waals surface area contributed by atoms with Gasteiger partial charge in [0.1, 0.15) is 5.75 Å². The molecule has 6 nitrogen and oxygen atoms in total. The first-order valence-corrected chi connectivity index (χ1v) is 17.6. The first-order valence-electron chi connectivity index (χ1n) is 16.9. The average molecular weight is 710 g/mol. The van der Waals surface area contributed by atoms with E-state index < -0.39 is 5.92 Å². The molecule has 3 aliphatic rings. The fraction of sp³-hybridized carbons (Fsp3) is 0.390. The summed E-state index contributed by atoms with van der Waals surface area (Å²) in [5.74, 6) is -0.229. The van der Waals surface area contributed by atoms with Gasteiger partial charge in [0.25, 0.3) is 5.91 Å². The minimum absolute atomic E-state index is 0.0683. The van der Waals surface area contributed by atoms with Crippen LogP contribution in [0.5, 0.6) is 5.75 Å². The van der Waals surface area contributed by atoms with Gasteiger partial charge in [0, 0.05) is 63.6 Å². The van der Waals surface area contributed by atoms with Crippen molar-refractivity contribution >= 4 is 39.1 Å². The van der Waals surface area contributed by atoms with Crippen molar-refractivity contribution in [1.29, 1.82) is 0 Å². The predicted molar refractivity (Wildman–Crippen MR) is 194 cm³/mol. The second kappa shape index (κ2) is 13.1. The summed E-state index contributed by atoms with van der Waals surface area (Å²) < 4.78 is 7.09. The van der Waals surface area contributed by atoms with Crippen molar-refractivity contribution in [3.8, 4) is 5.75 Å². The average Bonchev–Trinajstić information content (AvgIpc) is 3.00. The van der Waals surface area contributed by atoms with E-state index in [1.54, 1.807) is 0 Å². The van der Waals surface area contributed by atoms with Crippen molar-refractivity contribution in [2.45, 2.75) is 79.6 Å². The number of amides is 1. The number of anilines is 1. The van der Waals surface area contributed by atoms with Gasteiger partial charge in [-0.05, 0) is 84.9 Å². The maximum atomic E-state index is 14.3. The third kappa shape index (κ3) is 6.93. The van der Waals surface area contributed by atoms with E-state index in [9.17, 15) is 14.4 Å². The number of benzene rings is 3. The van der Waals surface area contributed by atoms with Crippen LogP contribution in [0.4, 0.5) is 5.69 Å². The number of ketones is 2. The molecule has 0 aromatic heterocycles. The van der Waals surface area contributed by atoms with E-state index in [1.807, 2.05) is 56.3 Å². The van der Waals surface area contributed by atoms with Crippen LogP contribution in [0.1, 0.15) is 81.5 Å². The molecular weight excluding hydrogens is 664 g/mol. The van der Waals surface area contributed by atoms with Crippen molar-refractivity contribution in [3.05, 3.63) is 116 Å². The summed E-state index contributed by atoms with van der Waals surface area (Å²) in [5.41, 5.74) is 7.76. The van der Waals surface area contributed by atoms with Crippen molar-refractivity contribution in [2.75, 3.05) is 18.5 Å². The highest BCUT2D eigenvalue weighted by Gasteiger charge is 2.49. The Morgan fingerprint density at radius 2 is 1.48 bits per heavy atom. The summed E-state index contributed by atoms with van der Waals surface area (Å²) in [6.07, 6.45) is 3.06. The van der Waals surface area contributed by atoms with Crippen LogP contribution in [0.15, 0.2) is 93.7 Å². The molecule has 0 fully saturated rings. The number of rotatable bonds is 8. The Bertz CT molecular complexity index is 1800. The second-order valence-corrected chi connectivity index (χ2v) is 16.1. The molecular formula is C41H45BrN2O4. The van der Waals surface area contributed by atoms with Gasteiger partial charge in [-0.25, -0.2) is 0 Å². The fourth-order valence-electron chi connectivity index (χ4n) is 7.61. The molecule has 7 heteroatoms. The highest BCUT2D eigenvalue weighted by atomic mass is 79.9. The van der Waals surface area contributed by atoms with E-state index in [4.69, 9.17) is 4.74 Å². The summed E-state index contributed by atoms with van der Waals surface area (Å²) in [4.78, 5) is 44.2. The Morgan fingerprint density at radius 3 is 2.10 bits per heavy atom. The van der Waals surface area contributed by atoms with E-state index >= 15 is 0 Å². The van der Waals surface area contributed by atoms with E-state index in [-0.39, 0.29) is 34.9 Å². The van der Waals surface area contributed by atoms with E-state index in [1.165, 1.54) is 5.56 Å². The van der Waals surface area contributed by atoms with Crippen molar-refractivity contribution in [1.82, 2.24) is 4.90 Å². The molecule has 48 heavy (non-hydrogen) atoms. The molecule has 3 aromatic carbocycles. The number of carbonyl (C=O) groups is 3. The SMILES string of the molecule is Cc1cccc(NC(=O)COc2ccc(Br)cc2C2C3=C(CC(C)(C)CC3=O)N(CCc3ccccc3)C3=C2C(=O)CC(C)(C)C3)c1C. The third-order valence-corrected chi connectivity index (χ3v) is 10.5. The molecule has 1 heterocycles. The Kier molecular flexibility index (Phi) is 9.29. The summed E-state index contributed by atoms with van der Waals surface area (Å²) in [7, 11) is 0. The molecule has 250 valence electrons. The minimum Gasteiger partial charge on any atom is -0.483 e. The first kappa shape index (κ1) is 33.9. The summed E-state index contributed by atoms with van der Waals surface area (Å²) >= 11 is 3.66. The maximum absolute atomic E-state index is 14.3. The van der Waals surface area contributed by atoms with Crippen LogP contribution in [0, 0.1) is 24.7 Å². The fourth-order valence-corrected chi connectivity index (χ4v) is 7.99. The molecule has 2 aliphatic carbocycles. The summed E-state index contributed by atoms with van der Waals surface area (Å²) in [5, 5.41) is 2.98. The number of ether oxygens (including phenoxy) is 1. The van der Waals surface area contributed by atoms with Crippen LogP contribution in [0.2, 0.25) is 0 Å². The number of allylic oxidation sites excluding steroid dienone is 4. The van der Waals surface area contributed by atoms with Gasteiger partial charge in [-0.1, -0.05) is 86.1 Å². The van der Waals surface area contributed by atoms with Crippen LogP contribution >= 0.6 is 15.9 Å². The number of nitrogens with one attached hydrogen (secondary N) is 1. The number of hydrogen-bond donors (Lipinski definition) is 1. The predicted octanol–water partition coefficient (Wildman–Crippen LogP) is 9.01. The van der Waals surface area contributed by atoms with Gasteiger partial charge < -0.3 is 15.0 Å². The molecule has 1 N–H and O–H groups in total. The number of nitrogens with zero attached hydrogens (tertiary/aromatic N) is 1. The Labute approximate surface area is 292 Å². The smallest absolute Gasteiger partial charge is 0.262 e. The Balaban J connectivity index is 1.44. The van der Waals surface area contributed by atoms with Gasteiger partial charge in [0.2, 0.25) is 0 Å². The van der Waals surface area contributed by atoms with Crippen LogP contribution < -0.4 is 10.1 Å². The van der Waals surface area contributed by atoms with Gasteiger partial charge in [-0.2, -0.15) is 0 Å². The molecule has 1 aliphatic heterocycles. The number of carbonyl (C=O) groups excluding carboxylic acids is 3. The van der Waals surface area contributed by atoms with Crippen molar-refractivity contribution in [2.24, 2.45) is 10.8 Å². The normalized spacial score (nSPS) is 18.9. The van der Waals surface area contributed by atoms with Crippen LogP contribution in [-0.4, -0.2) is 35.5 Å². The molecule has 0 saturated carbocycles. The zero-order chi connectivity index (χ0) is 34.4. The van der Waals surface area contributed by atoms with Gasteiger partial charge in [0.15, 0.2) is 18.2 Å². The zero-order valence-corrected chi connectivity index (χ0v) is 30.4. The van der Waals surface area contributed by atoms with E-state index in [0.717, 1.165) is 57.5 Å². The topological polar surface area (TPSA) is 75.7 Å². The van der Waals surface area contributed by atoms with Crippen molar-refractivity contribution in [3.63, 3.8) is 0 Å². The van der Waals surface area contributed by atoms with Gasteiger partial charge >= 0.3 is 0 Å². The van der Waals surface area contributed by atoms with E-state index in [2.05, 4.69) is 78.1 Å². The zero-order valence-electron chi connectivity index (χ0n) is 28.8. The molecule has 0 spiro atoms. The monoisotopic (exact) mass is 708 g/mol. The Hall–Kier alpha value is -3.97. The molecule has 0 unspecified atom stereocenters. The van der Waals surface area contributed by atoms with E-state index in [0.29, 0.717) is 36.3 Å². The third-order valence-electron chi connectivity index (χ3n) is 10.0. The molecule has 0 saturated heterocycles. The second-order valence-electron chi connectivity index (χ2n) is 15.2. The van der Waals surface area contributed by atoms with Crippen molar-refractivity contribution < 1.29 is 19.1 Å². The summed E-state index contributed by atoms with van der Waals surface area (Å²) in [6, 6.07) is 21.8. The van der Waals surface area contributed by atoms with Crippen LogP contribution in [-0.2, 0) is 20.8 Å². The Morgan fingerprint density at radius 1 is 0.854 bits per heavy atom. The first-order chi connectivity index (χ1) is 22.7. The molecule has 6 rings (SSSR count). The lowest BCUT2D eigenvalue weighted by atomic mass is 9.63. The molecule has 0 bridgehead atoms. The number of hydrogen-bond acceptors (Lipinski definition) is 5. The quantitative estimate of drug-likeness (QED) is 0.253. The molecule has 1 amide bonds. The molecule has 3 aromatic rings. The minimum atomic E-state index is -0.579. The lowest BCUT2D eigenvalue weighted by Gasteiger charge is -2.49. The molecule has 0 radical (unpaired) electrons. The lowest BCUT2D eigenvalue weighted by Crippen LogP contribution is -2.45.